The molecule has 4 aromatic rings. The van der Waals surface area contributed by atoms with Crippen LogP contribution in [0.15, 0.2) is 33.7 Å². The van der Waals surface area contributed by atoms with Crippen LogP contribution in [0.25, 0.3) is 16.7 Å². The van der Waals surface area contributed by atoms with Crippen molar-refractivity contribution in [3.8, 4) is 0 Å². The predicted molar refractivity (Wildman–Crippen MR) is 97.7 cm³/mol. The Bertz CT molecular complexity index is 1270. The third-order valence-electron chi connectivity index (χ3n) is 5.03. The minimum Gasteiger partial charge on any atom is -0.459 e. The maximum atomic E-state index is 13.1. The van der Waals surface area contributed by atoms with Gasteiger partial charge in [-0.2, -0.15) is 4.52 Å². The van der Waals surface area contributed by atoms with Crippen molar-refractivity contribution in [3.05, 3.63) is 63.1 Å². The van der Waals surface area contributed by atoms with Gasteiger partial charge in [0, 0.05) is 18.7 Å². The van der Waals surface area contributed by atoms with Gasteiger partial charge in [-0.05, 0) is 37.6 Å². The van der Waals surface area contributed by atoms with E-state index in [-0.39, 0.29) is 23.8 Å². The first-order chi connectivity index (χ1) is 13.0. The topological polar surface area (TPSA) is 96.5 Å². The van der Waals surface area contributed by atoms with Crippen molar-refractivity contribution >= 4 is 22.6 Å². The van der Waals surface area contributed by atoms with Crippen LogP contribution < -0.4 is 5.56 Å². The third kappa shape index (κ3) is 2.29. The zero-order valence-electron chi connectivity index (χ0n) is 14.9. The number of aromatic nitrogens is 4. The molecule has 1 N–H and O–H groups in total. The minimum atomic E-state index is -0.222. The molecule has 5 heterocycles. The molecule has 8 nitrogen and oxygen atoms in total. The summed E-state index contributed by atoms with van der Waals surface area (Å²) in [6.45, 7) is 4.61. The molecule has 0 saturated carbocycles. The number of carbonyl (C=O) groups excluding carboxylic acids is 1. The molecule has 0 aliphatic carbocycles. The van der Waals surface area contributed by atoms with Gasteiger partial charge in [-0.3, -0.25) is 14.7 Å². The molecule has 1 aliphatic rings. The number of nitrogens with zero attached hydrogens (tertiary/aromatic N) is 4. The highest BCUT2D eigenvalue weighted by atomic mass is 16.3. The zero-order valence-corrected chi connectivity index (χ0v) is 14.9. The van der Waals surface area contributed by atoms with Gasteiger partial charge < -0.3 is 9.32 Å². The van der Waals surface area contributed by atoms with E-state index in [0.29, 0.717) is 29.8 Å². The number of H-pyrrole nitrogens is 1. The molecule has 27 heavy (non-hydrogen) atoms. The normalized spacial score (nSPS) is 14.1. The van der Waals surface area contributed by atoms with Gasteiger partial charge in [-0.1, -0.05) is 0 Å². The molecule has 136 valence electrons. The van der Waals surface area contributed by atoms with E-state index >= 15 is 0 Å². The number of rotatable bonds is 1. The highest BCUT2D eigenvalue weighted by Gasteiger charge is 2.28. The van der Waals surface area contributed by atoms with Crippen LogP contribution in [-0.2, 0) is 13.0 Å². The molecule has 0 bridgehead atoms. The third-order valence-corrected chi connectivity index (χ3v) is 5.03. The van der Waals surface area contributed by atoms with Crippen LogP contribution in [0.2, 0.25) is 0 Å². The fraction of sp³-hybridized carbons (Fsp3) is 0.263. The molecule has 5 rings (SSSR count). The van der Waals surface area contributed by atoms with Crippen molar-refractivity contribution in [2.45, 2.75) is 26.8 Å². The van der Waals surface area contributed by atoms with Gasteiger partial charge in [0.2, 0.25) is 0 Å². The second-order valence-corrected chi connectivity index (χ2v) is 6.87. The van der Waals surface area contributed by atoms with Crippen molar-refractivity contribution < 1.29 is 9.21 Å². The molecular weight excluding hydrogens is 346 g/mol. The van der Waals surface area contributed by atoms with Crippen LogP contribution in [-0.4, -0.2) is 36.9 Å². The van der Waals surface area contributed by atoms with Gasteiger partial charge in [-0.25, -0.2) is 9.97 Å². The number of aryl methyl sites for hydroxylation is 2. The summed E-state index contributed by atoms with van der Waals surface area (Å²) < 4.78 is 6.63. The van der Waals surface area contributed by atoms with Crippen molar-refractivity contribution in [1.82, 2.24) is 24.5 Å². The van der Waals surface area contributed by atoms with E-state index in [1.807, 2.05) is 19.9 Å². The fourth-order valence-corrected chi connectivity index (χ4v) is 3.78. The summed E-state index contributed by atoms with van der Waals surface area (Å²) in [6.07, 6.45) is 1.99. The summed E-state index contributed by atoms with van der Waals surface area (Å²) in [5.74, 6) is 0.0495. The zero-order chi connectivity index (χ0) is 18.7. The first-order valence-electron chi connectivity index (χ1n) is 8.76. The Labute approximate surface area is 153 Å². The van der Waals surface area contributed by atoms with Gasteiger partial charge in [0.1, 0.15) is 0 Å². The van der Waals surface area contributed by atoms with E-state index in [2.05, 4.69) is 10.1 Å². The average molecular weight is 363 g/mol. The number of amides is 1. The molecule has 8 heteroatoms. The van der Waals surface area contributed by atoms with E-state index in [4.69, 9.17) is 9.40 Å². The largest absolute Gasteiger partial charge is 0.459 e. The number of nitrogens with one attached hydrogen (secondary N) is 1. The van der Waals surface area contributed by atoms with Crippen LogP contribution in [0.5, 0.6) is 0 Å². The molecule has 0 radical (unpaired) electrons. The Morgan fingerprint density at radius 3 is 2.93 bits per heavy atom. The monoisotopic (exact) mass is 363 g/mol. The smallest absolute Gasteiger partial charge is 0.289 e. The number of hydrogen-bond acceptors (Lipinski definition) is 5. The molecule has 4 aromatic heterocycles. The van der Waals surface area contributed by atoms with E-state index in [0.717, 1.165) is 22.3 Å². The lowest BCUT2D eigenvalue weighted by Crippen LogP contribution is -2.40. The number of furan rings is 1. The van der Waals surface area contributed by atoms with Crippen molar-refractivity contribution in [1.29, 1.82) is 0 Å². The molecule has 0 aromatic carbocycles. The van der Waals surface area contributed by atoms with Crippen LogP contribution in [0.3, 0.4) is 0 Å². The van der Waals surface area contributed by atoms with Gasteiger partial charge in [0.05, 0.1) is 29.5 Å². The predicted octanol–water partition coefficient (Wildman–Crippen LogP) is 1.98. The number of hydrogen-bond donors (Lipinski definition) is 1. The molecule has 0 spiro atoms. The lowest BCUT2D eigenvalue weighted by atomic mass is 10.1. The molecule has 0 saturated heterocycles. The first-order valence-corrected chi connectivity index (χ1v) is 8.76. The highest BCUT2D eigenvalue weighted by Crippen LogP contribution is 2.23. The summed E-state index contributed by atoms with van der Waals surface area (Å²) in [7, 11) is 0. The summed E-state index contributed by atoms with van der Waals surface area (Å²) in [5.41, 5.74) is 4.20. The second kappa shape index (κ2) is 5.54. The van der Waals surface area contributed by atoms with E-state index < -0.39 is 0 Å². The second-order valence-electron chi connectivity index (χ2n) is 6.87. The molecule has 1 amide bonds. The van der Waals surface area contributed by atoms with Crippen LogP contribution >= 0.6 is 0 Å². The Kier molecular flexibility index (Phi) is 3.24. The van der Waals surface area contributed by atoms with Gasteiger partial charge in [-0.15, -0.1) is 0 Å². The highest BCUT2D eigenvalue weighted by molar-refractivity contribution is 5.93. The molecule has 0 atom stereocenters. The fourth-order valence-electron chi connectivity index (χ4n) is 3.78. The lowest BCUT2D eigenvalue weighted by molar-refractivity contribution is 0.0700. The number of carbonyl (C=O) groups is 1. The minimum absolute atomic E-state index is 0.193. The van der Waals surface area contributed by atoms with Crippen molar-refractivity contribution in [2.24, 2.45) is 0 Å². The summed E-state index contributed by atoms with van der Waals surface area (Å²) >= 11 is 0. The SMILES string of the molecule is Cc1cc(C)c2c(n1)[nH]n1c(=O)c3c(nc21)CCN(C(=O)c1ccco1)C3. The standard InChI is InChI=1S/C19H17N5O3/c1-10-8-11(2)20-16-15(10)17-21-13-5-6-23(19(26)14-4-3-7-27-14)9-12(13)18(25)24(17)22-16/h3-4,7-8H,5-6,9H2,1-2H3,(H,20,22). The first kappa shape index (κ1) is 15.8. The maximum Gasteiger partial charge on any atom is 0.289 e. The van der Waals surface area contributed by atoms with Crippen molar-refractivity contribution in [3.63, 3.8) is 0 Å². The van der Waals surface area contributed by atoms with E-state index in [1.165, 1.54) is 10.8 Å². The quantitative estimate of drug-likeness (QED) is 0.558. The van der Waals surface area contributed by atoms with Crippen LogP contribution in [0.4, 0.5) is 0 Å². The number of pyridine rings is 1. The Balaban J connectivity index is 1.65. The maximum absolute atomic E-state index is 13.1. The Morgan fingerprint density at radius 2 is 2.15 bits per heavy atom. The van der Waals surface area contributed by atoms with Gasteiger partial charge in [0.25, 0.3) is 11.5 Å². The van der Waals surface area contributed by atoms with Gasteiger partial charge >= 0.3 is 0 Å². The van der Waals surface area contributed by atoms with Crippen molar-refractivity contribution in [2.75, 3.05) is 6.54 Å². The summed E-state index contributed by atoms with van der Waals surface area (Å²) in [4.78, 5) is 36.5. The summed E-state index contributed by atoms with van der Waals surface area (Å²) in [5, 5.41) is 3.91. The Morgan fingerprint density at radius 1 is 1.30 bits per heavy atom. The van der Waals surface area contributed by atoms with E-state index in [9.17, 15) is 9.59 Å². The van der Waals surface area contributed by atoms with Gasteiger partial charge in [0.15, 0.2) is 17.1 Å². The lowest BCUT2D eigenvalue weighted by Gasteiger charge is -2.26. The van der Waals surface area contributed by atoms with E-state index in [1.54, 1.807) is 17.0 Å². The summed E-state index contributed by atoms with van der Waals surface area (Å²) in [6, 6.07) is 5.28. The van der Waals surface area contributed by atoms with Crippen LogP contribution in [0, 0.1) is 13.8 Å². The molecule has 0 unspecified atom stereocenters. The Hall–Kier alpha value is -3.42. The molecule has 1 aliphatic heterocycles. The molecular formula is C19H17N5O3. The number of fused-ring (bicyclic) bond motifs is 4. The average Bonchev–Trinajstić information content (AvgIpc) is 3.29. The number of aromatic amines is 1. The molecule has 0 fully saturated rings. The van der Waals surface area contributed by atoms with Crippen LogP contribution in [0.1, 0.15) is 33.1 Å².